The zero-order valence-corrected chi connectivity index (χ0v) is 20.9. The van der Waals surface area contributed by atoms with E-state index in [1.54, 1.807) is 13.8 Å². The van der Waals surface area contributed by atoms with Crippen LogP contribution < -0.4 is 10.3 Å². The van der Waals surface area contributed by atoms with Gasteiger partial charge in [-0.1, -0.05) is 6.07 Å². The Morgan fingerprint density at radius 1 is 1.03 bits per heavy atom. The van der Waals surface area contributed by atoms with Gasteiger partial charge < -0.3 is 9.15 Å². The zero-order valence-electron chi connectivity index (χ0n) is 20.1. The summed E-state index contributed by atoms with van der Waals surface area (Å²) in [5, 5.41) is 0.725. The maximum Gasteiger partial charge on any atom is 0.336 e. The number of benzene rings is 2. The monoisotopic (exact) mass is 483 g/mol. The summed E-state index contributed by atoms with van der Waals surface area (Å²) < 4.78 is 39.5. The van der Waals surface area contributed by atoms with Crippen LogP contribution in [0.3, 0.4) is 0 Å². The fourth-order valence-electron chi connectivity index (χ4n) is 4.61. The average molecular weight is 484 g/mol. The molecule has 180 valence electrons. The van der Waals surface area contributed by atoms with E-state index >= 15 is 0 Å². The van der Waals surface area contributed by atoms with Crippen molar-refractivity contribution >= 4 is 27.0 Å². The normalized spacial score (nSPS) is 14.3. The lowest BCUT2D eigenvalue weighted by Crippen LogP contribution is -2.40. The molecule has 1 atom stereocenters. The van der Waals surface area contributed by atoms with Gasteiger partial charge in [-0.25, -0.2) is 13.2 Å². The minimum atomic E-state index is -3.96. The average Bonchev–Trinajstić information content (AvgIpc) is 3.21. The molecule has 2 aromatic carbocycles. The smallest absolute Gasteiger partial charge is 0.336 e. The lowest BCUT2D eigenvalue weighted by molar-refractivity contribution is -0.146. The Morgan fingerprint density at radius 3 is 2.29 bits per heavy atom. The molecule has 0 bridgehead atoms. The number of esters is 1. The highest BCUT2D eigenvalue weighted by molar-refractivity contribution is 7.89. The third kappa shape index (κ3) is 4.52. The predicted molar refractivity (Wildman–Crippen MR) is 129 cm³/mol. The number of hydrogen-bond donors (Lipinski definition) is 1. The van der Waals surface area contributed by atoms with Crippen LogP contribution in [-0.4, -0.2) is 20.4 Å². The van der Waals surface area contributed by atoms with Crippen LogP contribution in [0.2, 0.25) is 0 Å². The highest BCUT2D eigenvalue weighted by Crippen LogP contribution is 2.29. The second kappa shape index (κ2) is 9.00. The second-order valence-electron chi connectivity index (χ2n) is 9.10. The summed E-state index contributed by atoms with van der Waals surface area (Å²) in [6.45, 7) is 8.50. The maximum atomic E-state index is 13.1. The number of carbonyl (C=O) groups excluding carboxylic acids is 1. The lowest BCUT2D eigenvalue weighted by Gasteiger charge is -2.19. The Balaban J connectivity index is 1.53. The van der Waals surface area contributed by atoms with E-state index < -0.39 is 27.7 Å². The van der Waals surface area contributed by atoms with Crippen molar-refractivity contribution in [2.24, 2.45) is 0 Å². The Kier molecular flexibility index (Phi) is 6.40. The Hall–Kier alpha value is -2.97. The Morgan fingerprint density at radius 2 is 1.65 bits per heavy atom. The summed E-state index contributed by atoms with van der Waals surface area (Å²) in [5.41, 5.74) is 5.86. The van der Waals surface area contributed by atoms with E-state index in [0.717, 1.165) is 35.8 Å². The van der Waals surface area contributed by atoms with Gasteiger partial charge in [0.15, 0.2) is 0 Å². The number of sulfonamides is 1. The highest BCUT2D eigenvalue weighted by Gasteiger charge is 2.27. The number of rotatable bonds is 6. The summed E-state index contributed by atoms with van der Waals surface area (Å²) in [6, 6.07) is 6.02. The standard InChI is InChI=1S/C26H29NO6S/c1-14-9-15(2)17(4)25(16(14)3)34(30,31)27-18(5)26(29)32-13-21-12-24(28)33-23-11-20-8-6-7-19(20)10-22(21)23/h9-12,18,27H,6-8,13H2,1-5H3. The SMILES string of the molecule is Cc1cc(C)c(C)c(S(=O)(=O)NC(C)C(=O)OCc2cc(=O)oc3cc4c(cc23)CCC4)c1C. The molecule has 0 saturated carbocycles. The molecule has 7 nitrogen and oxygen atoms in total. The molecular formula is C26H29NO6S. The summed E-state index contributed by atoms with van der Waals surface area (Å²) >= 11 is 0. The number of ether oxygens (including phenoxy) is 1. The maximum absolute atomic E-state index is 13.1. The molecule has 34 heavy (non-hydrogen) atoms. The van der Waals surface area contributed by atoms with Crippen LogP contribution in [0.25, 0.3) is 11.0 Å². The summed E-state index contributed by atoms with van der Waals surface area (Å²) in [6.07, 6.45) is 2.96. The number of carbonyl (C=O) groups is 1. The van der Waals surface area contributed by atoms with E-state index in [1.165, 1.54) is 24.1 Å². The van der Waals surface area contributed by atoms with E-state index in [4.69, 9.17) is 9.15 Å². The molecule has 3 aromatic rings. The van der Waals surface area contributed by atoms with Gasteiger partial charge in [0.25, 0.3) is 0 Å². The fourth-order valence-corrected chi connectivity index (χ4v) is 6.42. The van der Waals surface area contributed by atoms with Crippen molar-refractivity contribution in [1.29, 1.82) is 0 Å². The van der Waals surface area contributed by atoms with E-state index in [-0.39, 0.29) is 11.5 Å². The van der Waals surface area contributed by atoms with Gasteiger partial charge in [0.05, 0.1) is 4.90 Å². The molecule has 1 aliphatic carbocycles. The number of aryl methyl sites for hydroxylation is 4. The fraction of sp³-hybridized carbons (Fsp3) is 0.385. The largest absolute Gasteiger partial charge is 0.460 e. The van der Waals surface area contributed by atoms with Gasteiger partial charge in [0, 0.05) is 17.0 Å². The molecule has 1 N–H and O–H groups in total. The molecule has 0 aliphatic heterocycles. The summed E-state index contributed by atoms with van der Waals surface area (Å²) in [7, 11) is -3.96. The van der Waals surface area contributed by atoms with Crippen LogP contribution in [0, 0.1) is 27.7 Å². The molecule has 4 rings (SSSR count). The van der Waals surface area contributed by atoms with E-state index in [1.807, 2.05) is 32.0 Å². The predicted octanol–water partition coefficient (Wildman–Crippen LogP) is 3.93. The van der Waals surface area contributed by atoms with Crippen molar-refractivity contribution in [3.8, 4) is 0 Å². The highest BCUT2D eigenvalue weighted by atomic mass is 32.2. The number of fused-ring (bicyclic) bond motifs is 2. The molecule has 1 heterocycles. The lowest BCUT2D eigenvalue weighted by atomic mass is 10.0. The molecule has 1 aromatic heterocycles. The number of hydrogen-bond acceptors (Lipinski definition) is 6. The van der Waals surface area contributed by atoms with Crippen molar-refractivity contribution < 1.29 is 22.4 Å². The first-order chi connectivity index (χ1) is 16.0. The van der Waals surface area contributed by atoms with Crippen LogP contribution >= 0.6 is 0 Å². The summed E-state index contributed by atoms with van der Waals surface area (Å²) in [4.78, 5) is 24.9. The quantitative estimate of drug-likeness (QED) is 0.421. The van der Waals surface area contributed by atoms with E-state index in [2.05, 4.69) is 4.72 Å². The van der Waals surface area contributed by atoms with Crippen molar-refractivity contribution in [1.82, 2.24) is 4.72 Å². The zero-order chi connectivity index (χ0) is 24.8. The van der Waals surface area contributed by atoms with Gasteiger partial charge in [0.2, 0.25) is 10.0 Å². The van der Waals surface area contributed by atoms with Gasteiger partial charge in [-0.05, 0) is 99.4 Å². The van der Waals surface area contributed by atoms with Gasteiger partial charge in [-0.2, -0.15) is 4.72 Å². The number of nitrogens with one attached hydrogen (secondary N) is 1. The minimum Gasteiger partial charge on any atom is -0.460 e. The molecule has 1 unspecified atom stereocenters. The van der Waals surface area contributed by atoms with Crippen LogP contribution in [0.5, 0.6) is 0 Å². The van der Waals surface area contributed by atoms with Crippen molar-refractivity contribution in [3.05, 3.63) is 73.6 Å². The first kappa shape index (κ1) is 24.2. The molecule has 0 fully saturated rings. The molecular weight excluding hydrogens is 454 g/mol. The van der Waals surface area contributed by atoms with Crippen LogP contribution in [0.4, 0.5) is 0 Å². The van der Waals surface area contributed by atoms with Crippen LogP contribution in [0.1, 0.15) is 52.3 Å². The molecule has 0 saturated heterocycles. The topological polar surface area (TPSA) is 103 Å². The van der Waals surface area contributed by atoms with Gasteiger partial charge >= 0.3 is 11.6 Å². The van der Waals surface area contributed by atoms with Crippen molar-refractivity contribution in [2.45, 2.75) is 71.4 Å². The molecule has 0 spiro atoms. The van der Waals surface area contributed by atoms with Gasteiger partial charge in [-0.15, -0.1) is 0 Å². The van der Waals surface area contributed by atoms with Gasteiger partial charge in [-0.3, -0.25) is 4.79 Å². The molecule has 0 radical (unpaired) electrons. The summed E-state index contributed by atoms with van der Waals surface area (Å²) in [5.74, 6) is -0.731. The first-order valence-corrected chi connectivity index (χ1v) is 12.8. The van der Waals surface area contributed by atoms with E-state index in [0.29, 0.717) is 22.3 Å². The first-order valence-electron chi connectivity index (χ1n) is 11.3. The van der Waals surface area contributed by atoms with Crippen molar-refractivity contribution in [3.63, 3.8) is 0 Å². The van der Waals surface area contributed by atoms with Crippen LogP contribution in [0.15, 0.2) is 38.4 Å². The third-order valence-electron chi connectivity index (χ3n) is 6.66. The Labute approximate surface area is 199 Å². The third-order valence-corrected chi connectivity index (χ3v) is 8.48. The molecule has 0 amide bonds. The van der Waals surface area contributed by atoms with E-state index in [9.17, 15) is 18.0 Å². The second-order valence-corrected chi connectivity index (χ2v) is 10.8. The molecule has 1 aliphatic rings. The van der Waals surface area contributed by atoms with Crippen LogP contribution in [-0.2, 0) is 39.0 Å². The van der Waals surface area contributed by atoms with Crippen molar-refractivity contribution in [2.75, 3.05) is 0 Å². The van der Waals surface area contributed by atoms with Gasteiger partial charge in [0.1, 0.15) is 18.2 Å². The minimum absolute atomic E-state index is 0.159. The Bertz CT molecular complexity index is 1440. The molecule has 8 heteroatoms.